The molecule has 3 heteroatoms. The van der Waals surface area contributed by atoms with E-state index >= 15 is 0 Å². The topological polar surface area (TPSA) is 46.5 Å². The van der Waals surface area contributed by atoms with Crippen LogP contribution in [0.1, 0.15) is 40.5 Å². The number of carboxylic acid groups (broad SMARTS) is 1. The summed E-state index contributed by atoms with van der Waals surface area (Å²) in [5.74, 6) is -0.751. The van der Waals surface area contributed by atoms with Crippen LogP contribution < -0.4 is 0 Å². The van der Waals surface area contributed by atoms with E-state index in [-0.39, 0.29) is 5.60 Å². The van der Waals surface area contributed by atoms with Crippen molar-refractivity contribution in [3.8, 4) is 0 Å². The third-order valence-electron chi connectivity index (χ3n) is 2.48. The maximum Gasteiger partial charge on any atom is 0.309 e. The molecule has 0 fully saturated rings. The van der Waals surface area contributed by atoms with Gasteiger partial charge in [0.15, 0.2) is 0 Å². The van der Waals surface area contributed by atoms with Crippen molar-refractivity contribution >= 4 is 5.97 Å². The smallest absolute Gasteiger partial charge is 0.309 e. The van der Waals surface area contributed by atoms with Crippen molar-refractivity contribution in [3.63, 3.8) is 0 Å². The number of carbonyl (C=O) groups is 1. The molecule has 78 valence electrons. The summed E-state index contributed by atoms with van der Waals surface area (Å²) >= 11 is 0. The fourth-order valence-electron chi connectivity index (χ4n) is 0.823. The summed E-state index contributed by atoms with van der Waals surface area (Å²) in [7, 11) is 1.65. The molecule has 0 aromatic rings. The van der Waals surface area contributed by atoms with Gasteiger partial charge in [-0.25, -0.2) is 0 Å². The van der Waals surface area contributed by atoms with Crippen LogP contribution in [-0.2, 0) is 9.53 Å². The van der Waals surface area contributed by atoms with E-state index in [1.165, 1.54) is 0 Å². The Balaban J connectivity index is 4.09. The van der Waals surface area contributed by atoms with Crippen molar-refractivity contribution in [1.29, 1.82) is 0 Å². The third-order valence-corrected chi connectivity index (χ3v) is 2.48. The lowest BCUT2D eigenvalue weighted by Crippen LogP contribution is -2.29. The summed E-state index contributed by atoms with van der Waals surface area (Å²) in [6.45, 7) is 7.40. The summed E-state index contributed by atoms with van der Waals surface area (Å²) in [5.41, 5.74) is -0.886. The molecule has 0 saturated heterocycles. The molecule has 0 saturated carbocycles. The molecule has 0 aromatic heterocycles. The molecule has 3 nitrogen and oxygen atoms in total. The monoisotopic (exact) mass is 188 g/mol. The molecular formula is C10H20O3. The maximum absolute atomic E-state index is 10.8. The summed E-state index contributed by atoms with van der Waals surface area (Å²) in [6, 6.07) is 0. The van der Waals surface area contributed by atoms with Crippen molar-refractivity contribution in [2.45, 2.75) is 46.1 Å². The highest BCUT2D eigenvalue weighted by molar-refractivity contribution is 5.73. The molecule has 0 amide bonds. The fraction of sp³-hybridized carbons (Fsp3) is 0.900. The Labute approximate surface area is 80.1 Å². The average molecular weight is 188 g/mol. The van der Waals surface area contributed by atoms with E-state index in [9.17, 15) is 4.79 Å². The molecule has 0 aliphatic heterocycles. The first-order chi connectivity index (χ1) is 5.71. The molecule has 0 aliphatic carbocycles. The lowest BCUT2D eigenvalue weighted by atomic mass is 9.84. The Hall–Kier alpha value is -0.570. The van der Waals surface area contributed by atoms with E-state index in [2.05, 4.69) is 0 Å². The highest BCUT2D eigenvalue weighted by atomic mass is 16.5. The molecule has 0 unspecified atom stereocenters. The van der Waals surface area contributed by atoms with Gasteiger partial charge in [-0.15, -0.1) is 0 Å². The molecule has 0 aliphatic rings. The maximum atomic E-state index is 10.8. The van der Waals surface area contributed by atoms with Gasteiger partial charge >= 0.3 is 5.97 Å². The predicted octanol–water partition coefficient (Wildman–Crippen LogP) is 2.30. The molecule has 0 heterocycles. The van der Waals surface area contributed by atoms with Crippen LogP contribution in [-0.4, -0.2) is 23.8 Å². The Morgan fingerprint density at radius 3 is 2.00 bits per heavy atom. The molecule has 0 bridgehead atoms. The molecule has 13 heavy (non-hydrogen) atoms. The lowest BCUT2D eigenvalue weighted by Gasteiger charge is -2.27. The SMILES string of the molecule is COC(C)(C)CCC(C)(C)C(=O)O. The van der Waals surface area contributed by atoms with Crippen molar-refractivity contribution in [3.05, 3.63) is 0 Å². The molecule has 0 rings (SSSR count). The number of hydrogen-bond acceptors (Lipinski definition) is 2. The zero-order valence-electron chi connectivity index (χ0n) is 9.18. The highest BCUT2D eigenvalue weighted by Gasteiger charge is 2.29. The largest absolute Gasteiger partial charge is 0.481 e. The minimum atomic E-state index is -0.751. The van der Waals surface area contributed by atoms with Gasteiger partial charge in [-0.05, 0) is 40.5 Å². The summed E-state index contributed by atoms with van der Waals surface area (Å²) in [6.07, 6.45) is 1.38. The standard InChI is InChI=1S/C10H20O3/c1-9(2,8(11)12)6-7-10(3,4)13-5/h6-7H2,1-5H3,(H,11,12). The minimum absolute atomic E-state index is 0.229. The van der Waals surface area contributed by atoms with Gasteiger partial charge in [0, 0.05) is 7.11 Å². The van der Waals surface area contributed by atoms with E-state index in [1.54, 1.807) is 21.0 Å². The Kier molecular flexibility index (Phi) is 3.91. The summed E-state index contributed by atoms with van der Waals surface area (Å²) < 4.78 is 5.22. The highest BCUT2D eigenvalue weighted by Crippen LogP contribution is 2.27. The van der Waals surface area contributed by atoms with Crippen LogP contribution in [0.2, 0.25) is 0 Å². The van der Waals surface area contributed by atoms with Crippen molar-refractivity contribution in [2.24, 2.45) is 5.41 Å². The van der Waals surface area contributed by atoms with Crippen LogP contribution in [0.5, 0.6) is 0 Å². The molecule has 0 aromatic carbocycles. The third kappa shape index (κ3) is 4.27. The number of methoxy groups -OCH3 is 1. The van der Waals surface area contributed by atoms with Crippen LogP contribution in [0.4, 0.5) is 0 Å². The second-order valence-electron chi connectivity index (χ2n) is 4.65. The van der Waals surface area contributed by atoms with Crippen molar-refractivity contribution < 1.29 is 14.6 Å². The van der Waals surface area contributed by atoms with Gasteiger partial charge in [0.05, 0.1) is 11.0 Å². The summed E-state index contributed by atoms with van der Waals surface area (Å²) in [5, 5.41) is 8.87. The number of rotatable bonds is 5. The predicted molar refractivity (Wildman–Crippen MR) is 51.7 cm³/mol. The van der Waals surface area contributed by atoms with Crippen molar-refractivity contribution in [1.82, 2.24) is 0 Å². The second kappa shape index (κ2) is 4.09. The van der Waals surface area contributed by atoms with Gasteiger partial charge in [-0.2, -0.15) is 0 Å². The van der Waals surface area contributed by atoms with Gasteiger partial charge in [0.2, 0.25) is 0 Å². The van der Waals surface area contributed by atoms with Crippen LogP contribution in [0.15, 0.2) is 0 Å². The van der Waals surface area contributed by atoms with Crippen LogP contribution in [0.25, 0.3) is 0 Å². The van der Waals surface area contributed by atoms with Gasteiger partial charge in [-0.3, -0.25) is 4.79 Å². The van der Waals surface area contributed by atoms with Gasteiger partial charge in [0.1, 0.15) is 0 Å². The Bertz CT molecular complexity index is 183. The molecule has 0 spiro atoms. The van der Waals surface area contributed by atoms with Crippen LogP contribution >= 0.6 is 0 Å². The first kappa shape index (κ1) is 12.4. The van der Waals surface area contributed by atoms with Crippen LogP contribution in [0.3, 0.4) is 0 Å². The van der Waals surface area contributed by atoms with E-state index in [1.807, 2.05) is 13.8 Å². The molecular weight excluding hydrogens is 168 g/mol. The van der Waals surface area contributed by atoms with Crippen LogP contribution in [0, 0.1) is 5.41 Å². The average Bonchev–Trinajstić information content (AvgIpc) is 2.01. The normalized spacial score (nSPS) is 13.0. The van der Waals surface area contributed by atoms with Gasteiger partial charge in [-0.1, -0.05) is 0 Å². The lowest BCUT2D eigenvalue weighted by molar-refractivity contribution is -0.147. The quantitative estimate of drug-likeness (QED) is 0.720. The molecule has 0 radical (unpaired) electrons. The first-order valence-electron chi connectivity index (χ1n) is 4.50. The zero-order valence-corrected chi connectivity index (χ0v) is 9.18. The number of aliphatic carboxylic acids is 1. The number of carboxylic acids is 1. The first-order valence-corrected chi connectivity index (χ1v) is 4.50. The van der Waals surface area contributed by atoms with Gasteiger partial charge < -0.3 is 9.84 Å². The van der Waals surface area contributed by atoms with Crippen molar-refractivity contribution in [2.75, 3.05) is 7.11 Å². The fourth-order valence-corrected chi connectivity index (χ4v) is 0.823. The Morgan fingerprint density at radius 2 is 1.69 bits per heavy atom. The van der Waals surface area contributed by atoms with E-state index in [4.69, 9.17) is 9.84 Å². The number of ether oxygens (including phenoxy) is 1. The summed E-state index contributed by atoms with van der Waals surface area (Å²) in [4.78, 5) is 10.8. The van der Waals surface area contributed by atoms with E-state index in [0.717, 1.165) is 6.42 Å². The van der Waals surface area contributed by atoms with E-state index < -0.39 is 11.4 Å². The molecule has 0 atom stereocenters. The molecule has 1 N–H and O–H groups in total. The minimum Gasteiger partial charge on any atom is -0.481 e. The zero-order chi connectivity index (χ0) is 10.7. The van der Waals surface area contributed by atoms with E-state index in [0.29, 0.717) is 6.42 Å². The number of hydrogen-bond donors (Lipinski definition) is 1. The van der Waals surface area contributed by atoms with Gasteiger partial charge in [0.25, 0.3) is 0 Å². The Morgan fingerprint density at radius 1 is 1.23 bits per heavy atom. The second-order valence-corrected chi connectivity index (χ2v) is 4.65.